The maximum atomic E-state index is 3.55. The summed E-state index contributed by atoms with van der Waals surface area (Å²) in [6.07, 6.45) is 5.30. The van der Waals surface area contributed by atoms with Gasteiger partial charge >= 0.3 is 0 Å². The van der Waals surface area contributed by atoms with Gasteiger partial charge in [-0.15, -0.1) is 0 Å². The van der Waals surface area contributed by atoms with Gasteiger partial charge in [-0.3, -0.25) is 0 Å². The minimum Gasteiger partial charge on any atom is -0.384 e. The molecule has 0 aliphatic carbocycles. The highest BCUT2D eigenvalue weighted by molar-refractivity contribution is 5.42. The third-order valence-corrected chi connectivity index (χ3v) is 2.96. The zero-order valence-corrected chi connectivity index (χ0v) is 11.2. The molecule has 0 fully saturated rings. The van der Waals surface area contributed by atoms with Gasteiger partial charge in [-0.25, -0.2) is 0 Å². The second-order valence-corrected chi connectivity index (χ2v) is 4.64. The molecule has 0 amide bonds. The van der Waals surface area contributed by atoms with Gasteiger partial charge in [0.05, 0.1) is 0 Å². The van der Waals surface area contributed by atoms with Crippen molar-refractivity contribution >= 4 is 5.69 Å². The van der Waals surface area contributed by atoms with E-state index >= 15 is 0 Å². The number of anilines is 1. The molecule has 0 bridgehead atoms. The highest BCUT2D eigenvalue weighted by Crippen LogP contribution is 2.04. The first-order chi connectivity index (χ1) is 8.33. The summed E-state index contributed by atoms with van der Waals surface area (Å²) in [5, 5.41) is 6.95. The molecule has 0 radical (unpaired) electrons. The summed E-state index contributed by atoms with van der Waals surface area (Å²) in [6, 6.07) is 11.0. The number of hydrogen-bond donors (Lipinski definition) is 2. The van der Waals surface area contributed by atoms with Gasteiger partial charge in [-0.1, -0.05) is 44.4 Å². The molecule has 0 spiro atoms. The summed E-state index contributed by atoms with van der Waals surface area (Å²) in [6.45, 7) is 6.55. The molecule has 2 nitrogen and oxygen atoms in total. The lowest BCUT2D eigenvalue weighted by Gasteiger charge is -2.14. The van der Waals surface area contributed by atoms with Gasteiger partial charge in [-0.2, -0.15) is 0 Å². The molecular weight excluding hydrogens is 208 g/mol. The normalized spacial score (nSPS) is 12.4. The van der Waals surface area contributed by atoms with Crippen LogP contribution in [0.4, 0.5) is 5.69 Å². The molecular formula is C15H26N2. The smallest absolute Gasteiger partial charge is 0.0340 e. The largest absolute Gasteiger partial charge is 0.384 e. The van der Waals surface area contributed by atoms with Gasteiger partial charge in [0.1, 0.15) is 0 Å². The molecule has 0 aliphatic rings. The molecule has 17 heavy (non-hydrogen) atoms. The third-order valence-electron chi connectivity index (χ3n) is 2.96. The highest BCUT2D eigenvalue weighted by Gasteiger charge is 1.99. The van der Waals surface area contributed by atoms with E-state index in [1.165, 1.54) is 31.4 Å². The van der Waals surface area contributed by atoms with E-state index in [2.05, 4.69) is 48.7 Å². The second-order valence-electron chi connectivity index (χ2n) is 4.64. The van der Waals surface area contributed by atoms with Gasteiger partial charge in [0.2, 0.25) is 0 Å². The summed E-state index contributed by atoms with van der Waals surface area (Å²) < 4.78 is 0. The SMILES string of the molecule is CCCCCC(C)NCCNc1ccccc1. The first-order valence-electron chi connectivity index (χ1n) is 6.85. The summed E-state index contributed by atoms with van der Waals surface area (Å²) in [5.41, 5.74) is 1.20. The van der Waals surface area contributed by atoms with Gasteiger partial charge < -0.3 is 10.6 Å². The van der Waals surface area contributed by atoms with Crippen molar-refractivity contribution in [3.63, 3.8) is 0 Å². The minimum absolute atomic E-state index is 0.638. The van der Waals surface area contributed by atoms with Crippen molar-refractivity contribution < 1.29 is 0 Å². The Balaban J connectivity index is 2.00. The Hall–Kier alpha value is -1.02. The van der Waals surface area contributed by atoms with E-state index in [0.29, 0.717) is 6.04 Å². The topological polar surface area (TPSA) is 24.1 Å². The maximum absolute atomic E-state index is 3.55. The number of rotatable bonds is 9. The summed E-state index contributed by atoms with van der Waals surface area (Å²) in [7, 11) is 0. The van der Waals surface area contributed by atoms with Crippen molar-refractivity contribution in [3.05, 3.63) is 30.3 Å². The minimum atomic E-state index is 0.638. The van der Waals surface area contributed by atoms with Crippen molar-refractivity contribution in [2.75, 3.05) is 18.4 Å². The van der Waals surface area contributed by atoms with Crippen LogP contribution in [0.15, 0.2) is 30.3 Å². The monoisotopic (exact) mass is 234 g/mol. The van der Waals surface area contributed by atoms with Crippen LogP contribution in [0.3, 0.4) is 0 Å². The fourth-order valence-corrected chi connectivity index (χ4v) is 1.88. The van der Waals surface area contributed by atoms with Crippen LogP contribution in [0.25, 0.3) is 0 Å². The van der Waals surface area contributed by atoms with Crippen LogP contribution < -0.4 is 10.6 Å². The molecule has 0 saturated heterocycles. The zero-order chi connectivity index (χ0) is 12.3. The van der Waals surface area contributed by atoms with Crippen LogP contribution in [-0.2, 0) is 0 Å². The molecule has 0 saturated carbocycles. The lowest BCUT2D eigenvalue weighted by Crippen LogP contribution is -2.30. The molecule has 0 aromatic heterocycles. The molecule has 1 atom stereocenters. The molecule has 1 rings (SSSR count). The zero-order valence-electron chi connectivity index (χ0n) is 11.2. The fraction of sp³-hybridized carbons (Fsp3) is 0.600. The van der Waals surface area contributed by atoms with Gasteiger partial charge in [0.15, 0.2) is 0 Å². The number of unbranched alkanes of at least 4 members (excludes halogenated alkanes) is 2. The van der Waals surface area contributed by atoms with E-state index in [9.17, 15) is 0 Å². The van der Waals surface area contributed by atoms with Crippen molar-refractivity contribution in [2.45, 2.75) is 45.6 Å². The average molecular weight is 234 g/mol. The van der Waals surface area contributed by atoms with Crippen molar-refractivity contribution in [3.8, 4) is 0 Å². The predicted octanol–water partition coefficient (Wildman–Crippen LogP) is 3.66. The number of para-hydroxylation sites is 1. The van der Waals surface area contributed by atoms with Gasteiger partial charge in [0, 0.05) is 24.8 Å². The molecule has 96 valence electrons. The Morgan fingerprint density at radius 1 is 1.06 bits per heavy atom. The van der Waals surface area contributed by atoms with E-state index in [0.717, 1.165) is 13.1 Å². The Bertz CT molecular complexity index is 272. The number of nitrogens with one attached hydrogen (secondary N) is 2. The molecule has 1 aromatic carbocycles. The van der Waals surface area contributed by atoms with Crippen LogP contribution in [-0.4, -0.2) is 19.1 Å². The lowest BCUT2D eigenvalue weighted by atomic mass is 10.1. The molecule has 2 N–H and O–H groups in total. The second kappa shape index (κ2) is 9.06. The maximum Gasteiger partial charge on any atom is 0.0340 e. The lowest BCUT2D eigenvalue weighted by molar-refractivity contribution is 0.496. The Kier molecular flexibility index (Phi) is 7.48. The number of benzene rings is 1. The standard InChI is InChI=1S/C15H26N2/c1-3-4-6-9-14(2)16-12-13-17-15-10-7-5-8-11-15/h5,7-8,10-11,14,16-17H,3-4,6,9,12-13H2,1-2H3. The van der Waals surface area contributed by atoms with Gasteiger partial charge in [0.25, 0.3) is 0 Å². The van der Waals surface area contributed by atoms with Gasteiger partial charge in [-0.05, 0) is 25.5 Å². The Labute approximate surface area is 106 Å². The van der Waals surface area contributed by atoms with E-state index in [-0.39, 0.29) is 0 Å². The molecule has 1 unspecified atom stereocenters. The number of hydrogen-bond acceptors (Lipinski definition) is 2. The quantitative estimate of drug-likeness (QED) is 0.637. The first-order valence-corrected chi connectivity index (χ1v) is 6.85. The van der Waals surface area contributed by atoms with E-state index < -0.39 is 0 Å². The van der Waals surface area contributed by atoms with Crippen molar-refractivity contribution in [2.24, 2.45) is 0 Å². The third kappa shape index (κ3) is 7.01. The summed E-state index contributed by atoms with van der Waals surface area (Å²) >= 11 is 0. The highest BCUT2D eigenvalue weighted by atomic mass is 15.0. The van der Waals surface area contributed by atoms with Crippen LogP contribution in [0.2, 0.25) is 0 Å². The first kappa shape index (κ1) is 14.0. The van der Waals surface area contributed by atoms with E-state index in [1.807, 2.05) is 6.07 Å². The van der Waals surface area contributed by atoms with Crippen molar-refractivity contribution in [1.82, 2.24) is 5.32 Å². The Morgan fingerprint density at radius 3 is 2.53 bits per heavy atom. The average Bonchev–Trinajstić information content (AvgIpc) is 2.36. The van der Waals surface area contributed by atoms with Crippen LogP contribution in [0.5, 0.6) is 0 Å². The van der Waals surface area contributed by atoms with Crippen LogP contribution in [0, 0.1) is 0 Å². The van der Waals surface area contributed by atoms with E-state index in [1.54, 1.807) is 0 Å². The Morgan fingerprint density at radius 2 is 1.82 bits per heavy atom. The van der Waals surface area contributed by atoms with Crippen molar-refractivity contribution in [1.29, 1.82) is 0 Å². The molecule has 1 aromatic rings. The fourth-order valence-electron chi connectivity index (χ4n) is 1.88. The molecule has 2 heteroatoms. The summed E-state index contributed by atoms with van der Waals surface area (Å²) in [5.74, 6) is 0. The molecule has 0 aliphatic heterocycles. The van der Waals surface area contributed by atoms with E-state index in [4.69, 9.17) is 0 Å². The summed E-state index contributed by atoms with van der Waals surface area (Å²) in [4.78, 5) is 0. The predicted molar refractivity (Wildman–Crippen MR) is 76.5 cm³/mol. The van der Waals surface area contributed by atoms with Crippen LogP contribution >= 0.6 is 0 Å². The van der Waals surface area contributed by atoms with Crippen LogP contribution in [0.1, 0.15) is 39.5 Å². The molecule has 0 heterocycles.